The topological polar surface area (TPSA) is 68.4 Å². The number of hydrogen-bond donors (Lipinski definition) is 2. The Kier molecular flexibility index (Phi) is 6.30. The molecule has 1 aromatic heterocycles. The fraction of sp³-hybridized carbons (Fsp3) is 0.143. The van der Waals surface area contributed by atoms with E-state index >= 15 is 0 Å². The first-order valence-corrected chi connectivity index (χ1v) is 11.5. The minimum Gasteiger partial charge on any atom is -0.368 e. The Morgan fingerprint density at radius 3 is 2.29 bits per heavy atom. The van der Waals surface area contributed by atoms with Crippen molar-refractivity contribution in [3.63, 3.8) is 0 Å². The van der Waals surface area contributed by atoms with Crippen molar-refractivity contribution in [2.45, 2.75) is 0 Å². The smallest absolute Gasteiger partial charge is 0.270 e. The quantitative estimate of drug-likeness (QED) is 0.426. The van der Waals surface area contributed by atoms with Crippen molar-refractivity contribution >= 4 is 34.5 Å². The third kappa shape index (κ3) is 4.94. The predicted molar refractivity (Wildman–Crippen MR) is 135 cm³/mol. The summed E-state index contributed by atoms with van der Waals surface area (Å²) in [6, 6.07) is 23.0. The van der Waals surface area contributed by atoms with Crippen molar-refractivity contribution in [1.29, 1.82) is 0 Å². The number of carbonyl (C=O) groups is 2. The van der Waals surface area contributed by atoms with Crippen molar-refractivity contribution in [1.82, 2.24) is 15.2 Å². The van der Waals surface area contributed by atoms with E-state index in [0.29, 0.717) is 31.7 Å². The molecule has 5 rings (SSSR count). The molecule has 2 N–H and O–H groups in total. The first-order chi connectivity index (χ1) is 17.1. The fourth-order valence-electron chi connectivity index (χ4n) is 4.29. The lowest BCUT2D eigenvalue weighted by Crippen LogP contribution is -2.50. The Bertz CT molecular complexity index is 1370. The molecule has 1 saturated heterocycles. The van der Waals surface area contributed by atoms with E-state index in [0.717, 1.165) is 22.2 Å². The zero-order chi connectivity index (χ0) is 24.2. The Morgan fingerprint density at radius 2 is 1.54 bits per heavy atom. The maximum absolute atomic E-state index is 13.6. The summed E-state index contributed by atoms with van der Waals surface area (Å²) >= 11 is 0. The molecule has 0 atom stereocenters. The van der Waals surface area contributed by atoms with E-state index in [1.165, 1.54) is 12.1 Å². The number of aromatic amines is 1. The first kappa shape index (κ1) is 22.4. The number of carbonyl (C=O) groups excluding carboxylic acids is 2. The molecule has 0 saturated carbocycles. The molecule has 0 bridgehead atoms. The number of piperazine rings is 1. The molecule has 3 aromatic carbocycles. The van der Waals surface area contributed by atoms with Gasteiger partial charge in [-0.1, -0.05) is 36.4 Å². The van der Waals surface area contributed by atoms with E-state index in [4.69, 9.17) is 0 Å². The van der Waals surface area contributed by atoms with E-state index < -0.39 is 0 Å². The van der Waals surface area contributed by atoms with Crippen LogP contribution in [0.2, 0.25) is 0 Å². The summed E-state index contributed by atoms with van der Waals surface area (Å²) in [4.78, 5) is 33.6. The van der Waals surface area contributed by atoms with Gasteiger partial charge in [-0.25, -0.2) is 4.39 Å². The van der Waals surface area contributed by atoms with Crippen LogP contribution in [0.3, 0.4) is 0 Å². The Morgan fingerprint density at radius 1 is 0.857 bits per heavy atom. The summed E-state index contributed by atoms with van der Waals surface area (Å²) in [5.41, 5.74) is 3.39. The van der Waals surface area contributed by atoms with Gasteiger partial charge in [-0.3, -0.25) is 9.59 Å². The third-order valence-electron chi connectivity index (χ3n) is 6.19. The Hall–Kier alpha value is -4.39. The van der Waals surface area contributed by atoms with Crippen LogP contribution in [0.25, 0.3) is 17.0 Å². The maximum atomic E-state index is 13.6. The molecular weight excluding hydrogens is 443 g/mol. The van der Waals surface area contributed by atoms with E-state index in [-0.39, 0.29) is 23.3 Å². The number of hydrogen-bond acceptors (Lipinski definition) is 3. The molecule has 1 fully saturated rings. The molecule has 1 aliphatic heterocycles. The van der Waals surface area contributed by atoms with Gasteiger partial charge >= 0.3 is 0 Å². The van der Waals surface area contributed by atoms with Crippen LogP contribution in [0.5, 0.6) is 0 Å². The zero-order valence-electron chi connectivity index (χ0n) is 19.1. The molecule has 1 aliphatic rings. The van der Waals surface area contributed by atoms with Crippen LogP contribution in [0.4, 0.5) is 10.1 Å². The number of benzene rings is 3. The third-order valence-corrected chi connectivity index (χ3v) is 6.19. The lowest BCUT2D eigenvalue weighted by molar-refractivity contribution is -0.127. The van der Waals surface area contributed by atoms with Crippen LogP contribution in [-0.2, 0) is 4.79 Å². The molecule has 0 radical (unpaired) electrons. The van der Waals surface area contributed by atoms with Gasteiger partial charge in [0.2, 0.25) is 0 Å². The van der Waals surface area contributed by atoms with Crippen molar-refractivity contribution < 1.29 is 14.0 Å². The summed E-state index contributed by atoms with van der Waals surface area (Å²) in [6.45, 7) is 2.21. The van der Waals surface area contributed by atoms with E-state index in [2.05, 4.69) is 15.2 Å². The summed E-state index contributed by atoms with van der Waals surface area (Å²) < 4.78 is 13.3. The average molecular weight is 469 g/mol. The van der Waals surface area contributed by atoms with Gasteiger partial charge in [0.15, 0.2) is 0 Å². The number of H-pyrrole nitrogens is 1. The number of nitrogens with one attached hydrogen (secondary N) is 2. The predicted octanol–water partition coefficient (Wildman–Crippen LogP) is 4.43. The van der Waals surface area contributed by atoms with Gasteiger partial charge in [-0.05, 0) is 48.5 Å². The van der Waals surface area contributed by atoms with Gasteiger partial charge in [-0.15, -0.1) is 0 Å². The van der Waals surface area contributed by atoms with Crippen molar-refractivity contribution in [2.75, 3.05) is 31.1 Å². The maximum Gasteiger partial charge on any atom is 0.270 e. The standard InChI is InChI=1S/C28H25FN4O2/c29-22-10-12-23(13-11-22)32-14-16-33(17-15-32)28(35)26(31-27(34)20-6-2-1-3-7-20)18-21-19-30-25-9-5-4-8-24(21)25/h1-13,18-19,30H,14-17H2,(H,31,34). The molecule has 0 spiro atoms. The zero-order valence-corrected chi connectivity index (χ0v) is 19.1. The van der Waals surface area contributed by atoms with E-state index in [9.17, 15) is 14.0 Å². The normalized spacial score (nSPS) is 14.3. The van der Waals surface area contributed by atoms with Crippen molar-refractivity contribution in [2.24, 2.45) is 0 Å². The average Bonchev–Trinajstić information content (AvgIpc) is 3.32. The summed E-state index contributed by atoms with van der Waals surface area (Å²) in [5, 5.41) is 3.81. The summed E-state index contributed by atoms with van der Waals surface area (Å²) in [5.74, 6) is -0.850. The molecular formula is C28H25FN4O2. The van der Waals surface area contributed by atoms with Crippen LogP contribution in [0.15, 0.2) is 90.8 Å². The fourth-order valence-corrected chi connectivity index (χ4v) is 4.29. The number of aromatic nitrogens is 1. The molecule has 4 aromatic rings. The highest BCUT2D eigenvalue weighted by molar-refractivity contribution is 6.06. The van der Waals surface area contributed by atoms with Gasteiger partial charge in [0.25, 0.3) is 11.8 Å². The first-order valence-electron chi connectivity index (χ1n) is 11.5. The number of amides is 2. The van der Waals surface area contributed by atoms with Gasteiger partial charge in [0.05, 0.1) is 0 Å². The monoisotopic (exact) mass is 468 g/mol. The second kappa shape index (κ2) is 9.85. The number of fused-ring (bicyclic) bond motifs is 1. The lowest BCUT2D eigenvalue weighted by Gasteiger charge is -2.36. The van der Waals surface area contributed by atoms with Gasteiger partial charge in [-0.2, -0.15) is 0 Å². The largest absolute Gasteiger partial charge is 0.368 e. The molecule has 35 heavy (non-hydrogen) atoms. The molecule has 176 valence electrons. The van der Waals surface area contributed by atoms with E-state index in [1.807, 2.05) is 36.5 Å². The van der Waals surface area contributed by atoms with Crippen molar-refractivity contribution in [3.8, 4) is 0 Å². The lowest BCUT2D eigenvalue weighted by atomic mass is 10.1. The number of para-hydroxylation sites is 1. The number of nitrogens with zero attached hydrogens (tertiary/aromatic N) is 2. The molecule has 0 aliphatic carbocycles. The minimum absolute atomic E-state index is 0.221. The number of halogens is 1. The molecule has 2 amide bonds. The second-order valence-electron chi connectivity index (χ2n) is 8.42. The Balaban J connectivity index is 1.38. The van der Waals surface area contributed by atoms with Crippen LogP contribution in [-0.4, -0.2) is 47.9 Å². The van der Waals surface area contributed by atoms with Crippen LogP contribution in [0.1, 0.15) is 15.9 Å². The van der Waals surface area contributed by atoms with Crippen LogP contribution < -0.4 is 10.2 Å². The summed E-state index contributed by atoms with van der Waals surface area (Å²) in [7, 11) is 0. The summed E-state index contributed by atoms with van der Waals surface area (Å²) in [6.07, 6.45) is 3.56. The molecule has 2 heterocycles. The van der Waals surface area contributed by atoms with Gasteiger partial charge in [0, 0.05) is 60.1 Å². The number of rotatable bonds is 5. The molecule has 7 heteroatoms. The SMILES string of the molecule is O=C(NC(=Cc1c[nH]c2ccccc12)C(=O)N1CCN(c2ccc(F)cc2)CC1)c1ccccc1. The van der Waals surface area contributed by atoms with Crippen molar-refractivity contribution in [3.05, 3.63) is 108 Å². The highest BCUT2D eigenvalue weighted by Crippen LogP contribution is 2.22. The Labute approximate surface area is 202 Å². The molecule has 6 nitrogen and oxygen atoms in total. The highest BCUT2D eigenvalue weighted by Gasteiger charge is 2.25. The van der Waals surface area contributed by atoms with Gasteiger partial charge in [0.1, 0.15) is 11.5 Å². The van der Waals surface area contributed by atoms with Gasteiger partial charge < -0.3 is 20.1 Å². The van der Waals surface area contributed by atoms with Crippen LogP contribution in [0, 0.1) is 5.82 Å². The van der Waals surface area contributed by atoms with E-state index in [1.54, 1.807) is 47.4 Å². The number of anilines is 1. The van der Waals surface area contributed by atoms with Crippen LogP contribution >= 0.6 is 0 Å². The minimum atomic E-state index is -0.338. The highest BCUT2D eigenvalue weighted by atomic mass is 19.1. The molecule has 0 unspecified atom stereocenters. The second-order valence-corrected chi connectivity index (χ2v) is 8.42.